The van der Waals surface area contributed by atoms with E-state index in [0.717, 1.165) is 0 Å². The molecule has 84 valence electrons. The predicted molar refractivity (Wildman–Crippen MR) is 54.7 cm³/mol. The SMILES string of the molecule is COC(=O)C1CC(n2nccn2)CN1.Cl. The summed E-state index contributed by atoms with van der Waals surface area (Å²) in [6.45, 7) is 0.703. The Balaban J connectivity index is 0.00000112. The zero-order chi connectivity index (χ0) is 9.97. The van der Waals surface area contributed by atoms with E-state index in [1.54, 1.807) is 17.2 Å². The molecule has 2 rings (SSSR count). The Morgan fingerprint density at radius 2 is 2.20 bits per heavy atom. The van der Waals surface area contributed by atoms with Gasteiger partial charge in [0.15, 0.2) is 0 Å². The van der Waals surface area contributed by atoms with Crippen LogP contribution in [0.1, 0.15) is 12.5 Å². The summed E-state index contributed by atoms with van der Waals surface area (Å²) in [6.07, 6.45) is 3.94. The van der Waals surface area contributed by atoms with Crippen LogP contribution in [0.3, 0.4) is 0 Å². The molecule has 0 radical (unpaired) electrons. The molecule has 0 aromatic carbocycles. The van der Waals surface area contributed by atoms with E-state index in [9.17, 15) is 4.79 Å². The van der Waals surface area contributed by atoms with E-state index in [-0.39, 0.29) is 30.5 Å². The van der Waals surface area contributed by atoms with Crippen LogP contribution in [0.2, 0.25) is 0 Å². The lowest BCUT2D eigenvalue weighted by Crippen LogP contribution is -2.31. The van der Waals surface area contributed by atoms with Gasteiger partial charge in [-0.3, -0.25) is 4.79 Å². The molecule has 0 bridgehead atoms. The number of esters is 1. The van der Waals surface area contributed by atoms with Gasteiger partial charge >= 0.3 is 5.97 Å². The summed E-state index contributed by atoms with van der Waals surface area (Å²) in [5.41, 5.74) is 0. The molecule has 0 aliphatic carbocycles. The number of carbonyl (C=O) groups excluding carboxylic acids is 1. The summed E-state index contributed by atoms with van der Waals surface area (Å²) in [7, 11) is 1.39. The lowest BCUT2D eigenvalue weighted by atomic mass is 10.2. The number of aromatic nitrogens is 3. The van der Waals surface area contributed by atoms with Crippen LogP contribution in [0.4, 0.5) is 0 Å². The van der Waals surface area contributed by atoms with E-state index in [1.165, 1.54) is 7.11 Å². The lowest BCUT2D eigenvalue weighted by molar-refractivity contribution is -0.142. The highest BCUT2D eigenvalue weighted by Crippen LogP contribution is 2.17. The van der Waals surface area contributed by atoms with Crippen molar-refractivity contribution in [2.45, 2.75) is 18.5 Å². The number of ether oxygens (including phenoxy) is 1. The smallest absolute Gasteiger partial charge is 0.322 e. The van der Waals surface area contributed by atoms with E-state index >= 15 is 0 Å². The van der Waals surface area contributed by atoms with Crippen molar-refractivity contribution in [3.05, 3.63) is 12.4 Å². The molecule has 1 aromatic heterocycles. The van der Waals surface area contributed by atoms with Crippen molar-refractivity contribution in [1.29, 1.82) is 0 Å². The van der Waals surface area contributed by atoms with Crippen LogP contribution in [0.25, 0.3) is 0 Å². The average molecular weight is 233 g/mol. The van der Waals surface area contributed by atoms with Crippen LogP contribution in [-0.2, 0) is 9.53 Å². The molecule has 15 heavy (non-hydrogen) atoms. The van der Waals surface area contributed by atoms with Crippen LogP contribution in [0, 0.1) is 0 Å². The van der Waals surface area contributed by atoms with Gasteiger partial charge in [-0.2, -0.15) is 15.0 Å². The van der Waals surface area contributed by atoms with Crippen LogP contribution >= 0.6 is 12.4 Å². The molecule has 0 amide bonds. The standard InChI is InChI=1S/C8H12N4O2.ClH/c1-14-8(13)7-4-6(5-9-7)12-10-2-3-11-12;/h2-3,6-7,9H,4-5H2,1H3;1H. The Bertz CT molecular complexity index is 316. The molecule has 6 nitrogen and oxygen atoms in total. The van der Waals surface area contributed by atoms with Gasteiger partial charge in [-0.1, -0.05) is 0 Å². The molecule has 1 saturated heterocycles. The van der Waals surface area contributed by atoms with E-state index in [0.29, 0.717) is 13.0 Å². The van der Waals surface area contributed by atoms with Crippen LogP contribution in [-0.4, -0.2) is 40.7 Å². The maximum absolute atomic E-state index is 11.2. The zero-order valence-corrected chi connectivity index (χ0v) is 9.11. The zero-order valence-electron chi connectivity index (χ0n) is 8.29. The first-order valence-corrected chi connectivity index (χ1v) is 4.48. The molecule has 1 fully saturated rings. The second-order valence-electron chi connectivity index (χ2n) is 3.22. The van der Waals surface area contributed by atoms with Gasteiger partial charge in [0.25, 0.3) is 0 Å². The Morgan fingerprint density at radius 1 is 1.53 bits per heavy atom. The van der Waals surface area contributed by atoms with E-state index in [2.05, 4.69) is 20.3 Å². The molecule has 1 aliphatic rings. The second kappa shape index (κ2) is 5.09. The monoisotopic (exact) mass is 232 g/mol. The molecule has 1 N–H and O–H groups in total. The van der Waals surface area contributed by atoms with Crippen molar-refractivity contribution in [2.24, 2.45) is 0 Å². The normalized spacial score (nSPS) is 24.6. The highest BCUT2D eigenvalue weighted by molar-refractivity contribution is 5.85. The number of carbonyl (C=O) groups is 1. The van der Waals surface area contributed by atoms with Crippen LogP contribution in [0.15, 0.2) is 12.4 Å². The third-order valence-electron chi connectivity index (χ3n) is 2.36. The molecule has 0 spiro atoms. The summed E-state index contributed by atoms with van der Waals surface area (Å²) in [4.78, 5) is 12.8. The van der Waals surface area contributed by atoms with E-state index in [4.69, 9.17) is 0 Å². The van der Waals surface area contributed by atoms with Gasteiger partial charge in [-0.15, -0.1) is 12.4 Å². The molecule has 2 unspecified atom stereocenters. The number of halogens is 1. The molecule has 2 atom stereocenters. The molecule has 0 saturated carbocycles. The number of hydrogen-bond donors (Lipinski definition) is 1. The van der Waals surface area contributed by atoms with Gasteiger partial charge in [-0.05, 0) is 6.42 Å². The number of rotatable bonds is 2. The Labute approximate surface area is 93.4 Å². The van der Waals surface area contributed by atoms with Crippen molar-refractivity contribution in [1.82, 2.24) is 20.3 Å². The molecule has 2 heterocycles. The first kappa shape index (κ1) is 11.9. The first-order valence-electron chi connectivity index (χ1n) is 4.48. The number of hydrogen-bond acceptors (Lipinski definition) is 5. The molecule has 1 aromatic rings. The summed E-state index contributed by atoms with van der Waals surface area (Å²) in [5.74, 6) is -0.223. The van der Waals surface area contributed by atoms with Crippen molar-refractivity contribution in [2.75, 3.05) is 13.7 Å². The maximum atomic E-state index is 11.2. The molecule has 7 heteroatoms. The predicted octanol–water partition coefficient (Wildman–Crippen LogP) is -0.224. The summed E-state index contributed by atoms with van der Waals surface area (Å²) in [5, 5.41) is 11.1. The van der Waals surface area contributed by atoms with Gasteiger partial charge in [0, 0.05) is 6.54 Å². The largest absolute Gasteiger partial charge is 0.468 e. The second-order valence-corrected chi connectivity index (χ2v) is 3.22. The van der Waals surface area contributed by atoms with Crippen LogP contribution < -0.4 is 5.32 Å². The fourth-order valence-electron chi connectivity index (χ4n) is 1.63. The fourth-order valence-corrected chi connectivity index (χ4v) is 1.63. The molecule has 1 aliphatic heterocycles. The van der Waals surface area contributed by atoms with Crippen LogP contribution in [0.5, 0.6) is 0 Å². The maximum Gasteiger partial charge on any atom is 0.322 e. The molecular weight excluding hydrogens is 220 g/mol. The third-order valence-corrected chi connectivity index (χ3v) is 2.36. The van der Waals surface area contributed by atoms with Crippen molar-refractivity contribution < 1.29 is 9.53 Å². The minimum Gasteiger partial charge on any atom is -0.468 e. The highest BCUT2D eigenvalue weighted by atomic mass is 35.5. The molecular formula is C8H13ClN4O2. The summed E-state index contributed by atoms with van der Waals surface area (Å²) >= 11 is 0. The highest BCUT2D eigenvalue weighted by Gasteiger charge is 2.31. The van der Waals surface area contributed by atoms with E-state index < -0.39 is 0 Å². The fraction of sp³-hybridized carbons (Fsp3) is 0.625. The van der Waals surface area contributed by atoms with Crippen molar-refractivity contribution in [3.63, 3.8) is 0 Å². The van der Waals surface area contributed by atoms with E-state index in [1.807, 2.05) is 0 Å². The van der Waals surface area contributed by atoms with Crippen molar-refractivity contribution >= 4 is 18.4 Å². The number of methoxy groups -OCH3 is 1. The van der Waals surface area contributed by atoms with Gasteiger partial charge in [0.05, 0.1) is 25.5 Å². The minimum absolute atomic E-state index is 0. The Morgan fingerprint density at radius 3 is 2.80 bits per heavy atom. The van der Waals surface area contributed by atoms with Crippen molar-refractivity contribution in [3.8, 4) is 0 Å². The minimum atomic E-state index is -0.226. The number of nitrogens with zero attached hydrogens (tertiary/aromatic N) is 3. The third kappa shape index (κ3) is 2.45. The summed E-state index contributed by atoms with van der Waals surface area (Å²) < 4.78 is 4.65. The van der Waals surface area contributed by atoms with Gasteiger partial charge in [0.2, 0.25) is 0 Å². The topological polar surface area (TPSA) is 69.0 Å². The average Bonchev–Trinajstić information content (AvgIpc) is 2.86. The van der Waals surface area contributed by atoms with Gasteiger partial charge in [-0.25, -0.2) is 0 Å². The Hall–Kier alpha value is -1.14. The first-order chi connectivity index (χ1) is 6.81. The van der Waals surface area contributed by atoms with Gasteiger partial charge < -0.3 is 10.1 Å². The number of nitrogens with one attached hydrogen (secondary N) is 1. The quantitative estimate of drug-likeness (QED) is 0.714. The van der Waals surface area contributed by atoms with Gasteiger partial charge in [0.1, 0.15) is 6.04 Å². The lowest BCUT2D eigenvalue weighted by Gasteiger charge is -2.07. The summed E-state index contributed by atoms with van der Waals surface area (Å²) in [6, 6.07) is -0.0786. The Kier molecular flexibility index (Phi) is 4.05.